The molecule has 36 heavy (non-hydrogen) atoms. The first-order valence-electron chi connectivity index (χ1n) is 14.0. The van der Waals surface area contributed by atoms with E-state index >= 15 is 0 Å². The summed E-state index contributed by atoms with van der Waals surface area (Å²) in [4.78, 5) is 13.4. The molecule has 3 saturated carbocycles. The maximum atomic E-state index is 13.4. The molecule has 1 heterocycles. The van der Waals surface area contributed by atoms with Crippen LogP contribution in [0.25, 0.3) is 0 Å². The first-order valence-corrected chi connectivity index (χ1v) is 14.0. The summed E-state index contributed by atoms with van der Waals surface area (Å²) >= 11 is 0. The molecule has 7 nitrogen and oxygen atoms in total. The molecule has 5 aliphatic rings. The highest BCUT2D eigenvalue weighted by Crippen LogP contribution is 2.69. The summed E-state index contributed by atoms with van der Waals surface area (Å²) in [7, 11) is 0. The third-order valence-corrected chi connectivity index (χ3v) is 11.2. The van der Waals surface area contributed by atoms with Gasteiger partial charge in [0.1, 0.15) is 0 Å². The van der Waals surface area contributed by atoms with Crippen molar-refractivity contribution in [2.45, 2.75) is 134 Å². The summed E-state index contributed by atoms with van der Waals surface area (Å²) in [6, 6.07) is 0. The second-order valence-corrected chi connectivity index (χ2v) is 13.9. The Morgan fingerprint density at radius 2 is 1.78 bits per heavy atom. The largest absolute Gasteiger partial charge is 0.390 e. The SMILES string of the molecule is CC1OC(CCC(C)(C)O)C(C)(C2CCC3(O)C4=CC(=O)C5CC(O)C(O)CC5(C)C4CCC23C)O1. The summed E-state index contributed by atoms with van der Waals surface area (Å²) in [5.74, 6) is -0.337. The molecule has 0 amide bonds. The van der Waals surface area contributed by atoms with Gasteiger partial charge in [0.25, 0.3) is 0 Å². The lowest BCUT2D eigenvalue weighted by atomic mass is 9.45. The van der Waals surface area contributed by atoms with E-state index in [1.807, 2.05) is 20.8 Å². The van der Waals surface area contributed by atoms with Crippen molar-refractivity contribution in [3.63, 3.8) is 0 Å². The van der Waals surface area contributed by atoms with Gasteiger partial charge in [-0.3, -0.25) is 4.79 Å². The fourth-order valence-corrected chi connectivity index (χ4v) is 9.26. The van der Waals surface area contributed by atoms with Crippen molar-refractivity contribution < 1.29 is 34.7 Å². The predicted molar refractivity (Wildman–Crippen MR) is 134 cm³/mol. The number of aliphatic hydroxyl groups is 4. The van der Waals surface area contributed by atoms with Gasteiger partial charge in [0.15, 0.2) is 12.1 Å². The third kappa shape index (κ3) is 3.71. The zero-order chi connectivity index (χ0) is 26.5. The van der Waals surface area contributed by atoms with Crippen molar-refractivity contribution >= 4 is 5.78 Å². The molecule has 11 atom stereocenters. The van der Waals surface area contributed by atoms with Crippen LogP contribution in [0.2, 0.25) is 0 Å². The molecule has 1 saturated heterocycles. The van der Waals surface area contributed by atoms with E-state index in [4.69, 9.17) is 9.47 Å². The van der Waals surface area contributed by atoms with Crippen LogP contribution in [0, 0.1) is 28.6 Å². The van der Waals surface area contributed by atoms with Gasteiger partial charge >= 0.3 is 0 Å². The lowest BCUT2D eigenvalue weighted by Gasteiger charge is -2.60. The molecule has 0 aromatic carbocycles. The Labute approximate surface area is 215 Å². The van der Waals surface area contributed by atoms with Crippen LogP contribution in [0.1, 0.15) is 92.9 Å². The van der Waals surface area contributed by atoms with Gasteiger partial charge in [-0.1, -0.05) is 13.8 Å². The number of carbonyl (C=O) groups is 1. The average molecular weight is 507 g/mol. The second-order valence-electron chi connectivity index (χ2n) is 13.9. The number of hydrogen-bond donors (Lipinski definition) is 4. The normalized spacial score (nSPS) is 53.0. The van der Waals surface area contributed by atoms with Crippen molar-refractivity contribution in [2.75, 3.05) is 0 Å². The molecule has 4 N–H and O–H groups in total. The predicted octanol–water partition coefficient (Wildman–Crippen LogP) is 3.26. The molecule has 7 heteroatoms. The number of ketones is 1. The van der Waals surface area contributed by atoms with Crippen LogP contribution in [0.15, 0.2) is 11.6 Å². The zero-order valence-electron chi connectivity index (χ0n) is 22.8. The van der Waals surface area contributed by atoms with Crippen LogP contribution in [0.5, 0.6) is 0 Å². The van der Waals surface area contributed by atoms with Crippen LogP contribution in [-0.2, 0) is 14.3 Å². The van der Waals surface area contributed by atoms with E-state index in [9.17, 15) is 25.2 Å². The molecule has 11 unspecified atom stereocenters. The van der Waals surface area contributed by atoms with Gasteiger partial charge in [0, 0.05) is 11.3 Å². The van der Waals surface area contributed by atoms with Crippen molar-refractivity contribution in [2.24, 2.45) is 28.6 Å². The summed E-state index contributed by atoms with van der Waals surface area (Å²) in [6.45, 7) is 11.9. The van der Waals surface area contributed by atoms with E-state index < -0.39 is 39.8 Å². The first kappa shape index (κ1) is 26.8. The highest BCUT2D eigenvalue weighted by Gasteiger charge is 2.70. The van der Waals surface area contributed by atoms with E-state index in [0.29, 0.717) is 25.7 Å². The van der Waals surface area contributed by atoms with E-state index in [0.717, 1.165) is 24.8 Å². The lowest BCUT2D eigenvalue weighted by molar-refractivity contribution is -0.166. The fraction of sp³-hybridized carbons (Fsp3) is 0.897. The third-order valence-electron chi connectivity index (χ3n) is 11.2. The molecule has 4 fully saturated rings. The van der Waals surface area contributed by atoms with Crippen LogP contribution in [0.3, 0.4) is 0 Å². The molecular weight excluding hydrogens is 460 g/mol. The molecule has 5 rings (SSSR count). The summed E-state index contributed by atoms with van der Waals surface area (Å²) in [6.07, 6.45) is 4.25. The van der Waals surface area contributed by atoms with Gasteiger partial charge in [0.05, 0.1) is 35.1 Å². The highest BCUT2D eigenvalue weighted by molar-refractivity contribution is 5.95. The second kappa shape index (κ2) is 8.33. The number of carbonyl (C=O) groups excluding carboxylic acids is 1. The van der Waals surface area contributed by atoms with E-state index in [1.54, 1.807) is 6.08 Å². The standard InChI is InChI=1S/C29H46O7/c1-16-35-24(9-10-25(2,3)33)28(6,36-16)23-8-12-29(34)18-13-20(30)19-14-21(31)22(32)15-26(19,4)17(18)7-11-27(23,29)5/h13,16-17,19,21-24,31-34H,7-12,14-15H2,1-6H3. The van der Waals surface area contributed by atoms with Gasteiger partial charge in [-0.15, -0.1) is 0 Å². The van der Waals surface area contributed by atoms with E-state index in [-0.39, 0.29) is 42.4 Å². The van der Waals surface area contributed by atoms with Gasteiger partial charge in [-0.2, -0.15) is 0 Å². The number of aliphatic hydroxyl groups excluding tert-OH is 2. The number of allylic oxidation sites excluding steroid dienone is 1. The fourth-order valence-electron chi connectivity index (χ4n) is 9.26. The molecule has 0 aromatic heterocycles. The Kier molecular flexibility index (Phi) is 6.19. The minimum absolute atomic E-state index is 0.00219. The minimum atomic E-state index is -1.13. The summed E-state index contributed by atoms with van der Waals surface area (Å²) in [5.41, 5.74) is -2.70. The molecule has 0 radical (unpaired) electrons. The molecular formula is C29H46O7. The van der Waals surface area contributed by atoms with Crippen LogP contribution in [-0.4, -0.2) is 67.6 Å². The molecule has 1 aliphatic heterocycles. The monoisotopic (exact) mass is 506 g/mol. The van der Waals surface area contributed by atoms with E-state index in [1.165, 1.54) is 0 Å². The molecule has 0 spiro atoms. The Hall–Kier alpha value is -0.830. The Morgan fingerprint density at radius 1 is 1.08 bits per heavy atom. The minimum Gasteiger partial charge on any atom is -0.390 e. The lowest BCUT2D eigenvalue weighted by Crippen LogP contribution is -2.62. The van der Waals surface area contributed by atoms with Crippen molar-refractivity contribution in [1.29, 1.82) is 0 Å². The van der Waals surface area contributed by atoms with Crippen LogP contribution < -0.4 is 0 Å². The maximum Gasteiger partial charge on any atom is 0.159 e. The molecule has 204 valence electrons. The summed E-state index contributed by atoms with van der Waals surface area (Å²) < 4.78 is 12.7. The quantitative estimate of drug-likeness (QED) is 0.462. The van der Waals surface area contributed by atoms with Crippen LogP contribution >= 0.6 is 0 Å². The van der Waals surface area contributed by atoms with Crippen molar-refractivity contribution in [1.82, 2.24) is 0 Å². The van der Waals surface area contributed by atoms with Gasteiger partial charge in [-0.05, 0) is 108 Å². The number of ether oxygens (including phenoxy) is 2. The van der Waals surface area contributed by atoms with E-state index in [2.05, 4.69) is 20.8 Å². The highest BCUT2D eigenvalue weighted by atomic mass is 16.7. The Bertz CT molecular complexity index is 940. The molecule has 0 aromatic rings. The van der Waals surface area contributed by atoms with Crippen molar-refractivity contribution in [3.8, 4) is 0 Å². The average Bonchev–Trinajstić information content (AvgIpc) is 3.21. The Balaban J connectivity index is 1.49. The molecule has 0 bridgehead atoms. The Morgan fingerprint density at radius 3 is 2.44 bits per heavy atom. The topological polar surface area (TPSA) is 116 Å². The smallest absolute Gasteiger partial charge is 0.159 e. The molecule has 4 aliphatic carbocycles. The van der Waals surface area contributed by atoms with Gasteiger partial charge in [0.2, 0.25) is 0 Å². The van der Waals surface area contributed by atoms with Crippen molar-refractivity contribution in [3.05, 3.63) is 11.6 Å². The van der Waals surface area contributed by atoms with Gasteiger partial charge < -0.3 is 29.9 Å². The number of hydrogen-bond acceptors (Lipinski definition) is 7. The van der Waals surface area contributed by atoms with Gasteiger partial charge in [-0.25, -0.2) is 0 Å². The van der Waals surface area contributed by atoms with Crippen LogP contribution in [0.4, 0.5) is 0 Å². The zero-order valence-corrected chi connectivity index (χ0v) is 22.8. The maximum absolute atomic E-state index is 13.4. The summed E-state index contributed by atoms with van der Waals surface area (Å²) in [5, 5.41) is 43.7. The number of rotatable bonds is 4. The number of fused-ring (bicyclic) bond motifs is 5. The first-order chi connectivity index (χ1) is 16.5.